The zero-order chi connectivity index (χ0) is 20.9. The van der Waals surface area contributed by atoms with E-state index in [1.54, 1.807) is 36.2 Å². The molecule has 3 aromatic carbocycles. The van der Waals surface area contributed by atoms with Gasteiger partial charge in [0, 0.05) is 31.3 Å². The van der Waals surface area contributed by atoms with Crippen LogP contribution < -0.4 is 14.9 Å². The van der Waals surface area contributed by atoms with Crippen LogP contribution >= 0.6 is 39.3 Å². The summed E-state index contributed by atoms with van der Waals surface area (Å²) in [6.45, 7) is 0.202. The fourth-order valence-corrected chi connectivity index (χ4v) is 4.11. The van der Waals surface area contributed by atoms with Crippen molar-refractivity contribution >= 4 is 51.4 Å². The Morgan fingerprint density at radius 3 is 2.53 bits per heavy atom. The first-order valence-corrected chi connectivity index (χ1v) is 11.1. The summed E-state index contributed by atoms with van der Waals surface area (Å²) >= 11 is 11.1. The fourth-order valence-electron chi connectivity index (χ4n) is 2.71. The number of benzene rings is 3. The molecule has 0 spiro atoms. The molecule has 1 aliphatic rings. The van der Waals surface area contributed by atoms with Gasteiger partial charge in [0.1, 0.15) is 0 Å². The first-order valence-electron chi connectivity index (χ1n) is 8.98. The van der Waals surface area contributed by atoms with E-state index in [4.69, 9.17) is 21.1 Å². The van der Waals surface area contributed by atoms with Gasteiger partial charge < -0.3 is 9.47 Å². The number of fused-ring (bicyclic) bond motifs is 1. The maximum atomic E-state index is 12.3. The van der Waals surface area contributed by atoms with E-state index in [9.17, 15) is 4.79 Å². The van der Waals surface area contributed by atoms with Gasteiger partial charge in [-0.15, -0.1) is 11.8 Å². The standard InChI is InChI=1S/C22H16BrClN2O3S/c23-19-10-21-20(28-13-29-21)9-16(19)11-25-26-22(27)15-3-1-14(2-4-15)12-30-18-7-5-17(24)6-8-18/h1-11H,12-13H2,(H,26,27)/b25-11-. The molecule has 0 unspecified atom stereocenters. The largest absolute Gasteiger partial charge is 0.454 e. The smallest absolute Gasteiger partial charge is 0.271 e. The van der Waals surface area contributed by atoms with E-state index in [1.165, 1.54) is 0 Å². The number of nitrogens with one attached hydrogen (secondary N) is 1. The molecule has 1 amide bonds. The van der Waals surface area contributed by atoms with Gasteiger partial charge >= 0.3 is 0 Å². The lowest BCUT2D eigenvalue weighted by Gasteiger charge is -2.05. The summed E-state index contributed by atoms with van der Waals surface area (Å²) in [5, 5.41) is 4.77. The minimum atomic E-state index is -0.278. The van der Waals surface area contributed by atoms with Gasteiger partial charge in [-0.2, -0.15) is 5.10 Å². The molecule has 0 saturated heterocycles. The van der Waals surface area contributed by atoms with E-state index < -0.39 is 0 Å². The normalized spacial score (nSPS) is 12.3. The quantitative estimate of drug-likeness (QED) is 0.259. The summed E-state index contributed by atoms with van der Waals surface area (Å²) in [4.78, 5) is 13.5. The lowest BCUT2D eigenvalue weighted by atomic mass is 10.1. The molecule has 0 radical (unpaired) electrons. The first-order chi connectivity index (χ1) is 14.6. The Balaban J connectivity index is 1.32. The number of thioether (sulfide) groups is 1. The minimum Gasteiger partial charge on any atom is -0.454 e. The third kappa shape index (κ3) is 5.16. The molecule has 1 aliphatic heterocycles. The van der Waals surface area contributed by atoms with Gasteiger partial charge in [0.05, 0.1) is 6.21 Å². The van der Waals surface area contributed by atoms with Gasteiger partial charge in [-0.25, -0.2) is 5.43 Å². The molecule has 0 bridgehead atoms. The van der Waals surface area contributed by atoms with Crippen LogP contribution in [0.15, 0.2) is 75.1 Å². The minimum absolute atomic E-state index is 0.202. The average Bonchev–Trinajstić information content (AvgIpc) is 3.21. The topological polar surface area (TPSA) is 59.9 Å². The zero-order valence-electron chi connectivity index (χ0n) is 15.6. The van der Waals surface area contributed by atoms with Crippen LogP contribution in [0.25, 0.3) is 0 Å². The number of hydrogen-bond donors (Lipinski definition) is 1. The Bertz CT molecular complexity index is 1090. The van der Waals surface area contributed by atoms with Crippen molar-refractivity contribution in [2.45, 2.75) is 10.6 Å². The summed E-state index contributed by atoms with van der Waals surface area (Å²) in [6.07, 6.45) is 1.56. The number of ether oxygens (including phenoxy) is 2. The van der Waals surface area contributed by atoms with Gasteiger partial charge in [0.15, 0.2) is 11.5 Å². The van der Waals surface area contributed by atoms with E-state index in [-0.39, 0.29) is 12.7 Å². The maximum Gasteiger partial charge on any atom is 0.271 e. The number of halogens is 2. The zero-order valence-corrected chi connectivity index (χ0v) is 18.8. The molecule has 30 heavy (non-hydrogen) atoms. The SMILES string of the molecule is O=C(N/N=C\c1cc2c(cc1Br)OCO2)c1ccc(CSc2ccc(Cl)cc2)cc1. The van der Waals surface area contributed by atoms with Crippen LogP contribution in [0.5, 0.6) is 11.5 Å². The summed E-state index contributed by atoms with van der Waals surface area (Å²) in [7, 11) is 0. The second-order valence-corrected chi connectivity index (χ2v) is 8.71. The van der Waals surface area contributed by atoms with Crippen molar-refractivity contribution in [2.24, 2.45) is 5.10 Å². The molecule has 1 heterocycles. The highest BCUT2D eigenvalue weighted by atomic mass is 79.9. The Hall–Kier alpha value is -2.48. The number of nitrogens with zero attached hydrogens (tertiary/aromatic N) is 1. The highest BCUT2D eigenvalue weighted by molar-refractivity contribution is 9.10. The number of carbonyl (C=O) groups excluding carboxylic acids is 1. The van der Waals surface area contributed by atoms with Gasteiger partial charge in [-0.3, -0.25) is 4.79 Å². The van der Waals surface area contributed by atoms with Crippen LogP contribution in [-0.4, -0.2) is 18.9 Å². The number of carbonyl (C=O) groups is 1. The number of amides is 1. The highest BCUT2D eigenvalue weighted by Gasteiger charge is 2.15. The predicted octanol–water partition coefficient (Wildman–Crippen LogP) is 5.89. The van der Waals surface area contributed by atoms with Gasteiger partial charge in [-0.05, 0) is 70.0 Å². The van der Waals surface area contributed by atoms with Crippen molar-refractivity contribution in [3.8, 4) is 11.5 Å². The molecule has 1 N–H and O–H groups in total. The molecule has 0 atom stereocenters. The second-order valence-electron chi connectivity index (χ2n) is 6.37. The van der Waals surface area contributed by atoms with Crippen LogP contribution in [0, 0.1) is 0 Å². The van der Waals surface area contributed by atoms with E-state index in [1.807, 2.05) is 42.5 Å². The highest BCUT2D eigenvalue weighted by Crippen LogP contribution is 2.36. The third-order valence-corrected chi connectivity index (χ3v) is 6.32. The second kappa shape index (κ2) is 9.55. The lowest BCUT2D eigenvalue weighted by molar-refractivity contribution is 0.0955. The third-order valence-electron chi connectivity index (χ3n) is 4.30. The Morgan fingerprint density at radius 1 is 1.10 bits per heavy atom. The molecular weight excluding hydrogens is 488 g/mol. The molecule has 0 aromatic heterocycles. The first kappa shape index (κ1) is 20.8. The fraction of sp³-hybridized carbons (Fsp3) is 0.0909. The van der Waals surface area contributed by atoms with Gasteiger partial charge in [0.2, 0.25) is 6.79 Å². The van der Waals surface area contributed by atoms with Crippen LogP contribution in [0.3, 0.4) is 0 Å². The average molecular weight is 504 g/mol. The predicted molar refractivity (Wildman–Crippen MR) is 123 cm³/mol. The van der Waals surface area contributed by atoms with Gasteiger partial charge in [0.25, 0.3) is 5.91 Å². The molecule has 3 aromatic rings. The van der Waals surface area contributed by atoms with Gasteiger partial charge in [-0.1, -0.05) is 23.7 Å². The van der Waals surface area contributed by atoms with E-state index in [2.05, 4.69) is 26.5 Å². The number of hydrazone groups is 1. The van der Waals surface area contributed by atoms with E-state index >= 15 is 0 Å². The van der Waals surface area contributed by atoms with E-state index in [0.717, 1.165) is 31.3 Å². The monoisotopic (exact) mass is 502 g/mol. The molecule has 152 valence electrons. The van der Waals surface area contributed by atoms with Crippen LogP contribution in [0.1, 0.15) is 21.5 Å². The molecular formula is C22H16BrClN2O3S. The van der Waals surface area contributed by atoms with Crippen LogP contribution in [0.2, 0.25) is 5.02 Å². The Kier molecular flexibility index (Phi) is 6.62. The summed E-state index contributed by atoms with van der Waals surface area (Å²) in [5.41, 5.74) is 4.98. The van der Waals surface area contributed by atoms with E-state index in [0.29, 0.717) is 17.1 Å². The van der Waals surface area contributed by atoms with Crippen molar-refractivity contribution in [2.75, 3.05) is 6.79 Å². The molecule has 0 fully saturated rings. The van der Waals surface area contributed by atoms with Crippen molar-refractivity contribution in [3.05, 3.63) is 86.8 Å². The summed E-state index contributed by atoms with van der Waals surface area (Å²) < 4.78 is 11.5. The number of hydrogen-bond acceptors (Lipinski definition) is 5. The molecule has 5 nitrogen and oxygen atoms in total. The van der Waals surface area contributed by atoms with Crippen molar-refractivity contribution in [1.82, 2.24) is 5.43 Å². The molecule has 4 rings (SSSR count). The van der Waals surface area contributed by atoms with Crippen LogP contribution in [0.4, 0.5) is 0 Å². The van der Waals surface area contributed by atoms with Crippen LogP contribution in [-0.2, 0) is 5.75 Å². The molecule has 8 heteroatoms. The summed E-state index contributed by atoms with van der Waals surface area (Å²) in [5.74, 6) is 1.86. The summed E-state index contributed by atoms with van der Waals surface area (Å²) in [6, 6.07) is 18.8. The lowest BCUT2D eigenvalue weighted by Crippen LogP contribution is -2.17. The number of rotatable bonds is 6. The molecule has 0 saturated carbocycles. The van der Waals surface area contributed by atoms with Crippen molar-refractivity contribution < 1.29 is 14.3 Å². The Labute approximate surface area is 191 Å². The molecule has 0 aliphatic carbocycles. The maximum absolute atomic E-state index is 12.3. The Morgan fingerprint density at radius 2 is 1.80 bits per heavy atom. The van der Waals surface area contributed by atoms with Crippen molar-refractivity contribution in [3.63, 3.8) is 0 Å². The van der Waals surface area contributed by atoms with Crippen molar-refractivity contribution in [1.29, 1.82) is 0 Å².